The molecule has 2 aromatic carbocycles. The molecule has 1 fully saturated rings. The van der Waals surface area contributed by atoms with Crippen LogP contribution in [0, 0.1) is 22.7 Å². The number of aliphatic hydroxyl groups is 1. The first-order valence-corrected chi connectivity index (χ1v) is 10.0. The molecule has 0 unspecified atom stereocenters. The van der Waals surface area contributed by atoms with Crippen LogP contribution in [-0.2, 0) is 11.0 Å². The van der Waals surface area contributed by atoms with E-state index in [1.165, 1.54) is 19.1 Å². The van der Waals surface area contributed by atoms with Crippen LogP contribution < -0.4 is 10.2 Å². The first-order chi connectivity index (χ1) is 15.4. The number of benzene rings is 2. The van der Waals surface area contributed by atoms with Gasteiger partial charge in [-0.3, -0.25) is 9.69 Å². The summed E-state index contributed by atoms with van der Waals surface area (Å²) in [6.45, 7) is 2.46. The summed E-state index contributed by atoms with van der Waals surface area (Å²) in [4.78, 5) is 16.5. The Kier molecular flexibility index (Phi) is 6.63. The number of β-amino-alcohol motifs (C(OH)–C–C–N with tert-alkyl or cyclic N) is 1. The van der Waals surface area contributed by atoms with Crippen molar-refractivity contribution in [3.8, 4) is 12.1 Å². The van der Waals surface area contributed by atoms with Gasteiger partial charge in [-0.05, 0) is 49.4 Å². The lowest BCUT2D eigenvalue weighted by molar-refractivity contribution is -0.138. The molecule has 7 nitrogen and oxygen atoms in total. The van der Waals surface area contributed by atoms with E-state index in [0.29, 0.717) is 24.7 Å². The third-order valence-electron chi connectivity index (χ3n) is 5.61. The SMILES string of the molecule is CN(c1ccc(C#N)cc1)C1CN(C[C@](C)(O)C(=O)Nc2ccc(C#N)c(C(F)(F)F)c2)C1. The summed E-state index contributed by atoms with van der Waals surface area (Å²) in [6, 6.07) is 13.7. The number of halogens is 3. The fraction of sp³-hybridized carbons (Fsp3) is 0.348. The second-order valence-electron chi connectivity index (χ2n) is 8.22. The number of hydrogen-bond acceptors (Lipinski definition) is 6. The monoisotopic (exact) mass is 457 g/mol. The molecule has 1 amide bonds. The summed E-state index contributed by atoms with van der Waals surface area (Å²) in [5, 5.41) is 30.7. The molecule has 172 valence electrons. The summed E-state index contributed by atoms with van der Waals surface area (Å²) in [5.74, 6) is -0.843. The standard InChI is InChI=1S/C23H22F3N5O2/c1-22(33,21(32)29-17-6-5-16(11-28)20(9-17)23(24,25)26)14-31-12-19(13-31)30(2)18-7-3-15(10-27)4-8-18/h3-9,19,33H,12-14H2,1-2H3,(H,29,32)/t22-/m0/s1. The Morgan fingerprint density at radius 1 is 1.18 bits per heavy atom. The molecular formula is C23H22F3N5O2. The third kappa shape index (κ3) is 5.43. The van der Waals surface area contributed by atoms with Crippen LogP contribution in [0.3, 0.4) is 0 Å². The van der Waals surface area contributed by atoms with Crippen LogP contribution in [0.1, 0.15) is 23.6 Å². The second-order valence-corrected chi connectivity index (χ2v) is 8.22. The number of amides is 1. The van der Waals surface area contributed by atoms with Gasteiger partial charge in [0.25, 0.3) is 5.91 Å². The molecule has 0 aromatic heterocycles. The van der Waals surface area contributed by atoms with Gasteiger partial charge in [0.2, 0.25) is 0 Å². The van der Waals surface area contributed by atoms with Crippen molar-refractivity contribution < 1.29 is 23.1 Å². The smallest absolute Gasteiger partial charge is 0.379 e. The Labute approximate surface area is 189 Å². The van der Waals surface area contributed by atoms with E-state index >= 15 is 0 Å². The fourth-order valence-corrected chi connectivity index (χ4v) is 3.63. The van der Waals surface area contributed by atoms with Crippen LogP contribution in [0.15, 0.2) is 42.5 Å². The van der Waals surface area contributed by atoms with E-state index in [-0.39, 0.29) is 18.3 Å². The number of nitrogens with one attached hydrogen (secondary N) is 1. The highest BCUT2D eigenvalue weighted by Gasteiger charge is 2.39. The summed E-state index contributed by atoms with van der Waals surface area (Å²) >= 11 is 0. The number of likely N-dealkylation sites (tertiary alicyclic amines) is 1. The number of anilines is 2. The van der Waals surface area contributed by atoms with E-state index in [2.05, 4.69) is 11.4 Å². The van der Waals surface area contributed by atoms with Crippen LogP contribution in [0.5, 0.6) is 0 Å². The zero-order valence-electron chi connectivity index (χ0n) is 18.0. The predicted molar refractivity (Wildman–Crippen MR) is 115 cm³/mol. The lowest BCUT2D eigenvalue weighted by Gasteiger charge is -2.46. The van der Waals surface area contributed by atoms with Crippen LogP contribution in [0.25, 0.3) is 0 Å². The van der Waals surface area contributed by atoms with E-state index < -0.39 is 28.8 Å². The molecule has 1 atom stereocenters. The number of carbonyl (C=O) groups is 1. The Morgan fingerprint density at radius 3 is 2.36 bits per heavy atom. The van der Waals surface area contributed by atoms with Gasteiger partial charge in [0.05, 0.1) is 34.9 Å². The Bertz CT molecular complexity index is 1110. The van der Waals surface area contributed by atoms with Crippen molar-refractivity contribution >= 4 is 17.3 Å². The molecule has 3 rings (SSSR count). The van der Waals surface area contributed by atoms with Crippen molar-refractivity contribution in [2.24, 2.45) is 0 Å². The molecule has 0 radical (unpaired) electrons. The molecule has 33 heavy (non-hydrogen) atoms. The average Bonchev–Trinajstić information content (AvgIpc) is 2.75. The first-order valence-electron chi connectivity index (χ1n) is 10.0. The molecule has 0 aliphatic carbocycles. The van der Waals surface area contributed by atoms with Crippen molar-refractivity contribution in [3.05, 3.63) is 59.2 Å². The minimum atomic E-state index is -4.75. The topological polar surface area (TPSA) is 103 Å². The molecule has 1 saturated heterocycles. The van der Waals surface area contributed by atoms with Gasteiger partial charge in [0.1, 0.15) is 0 Å². The van der Waals surface area contributed by atoms with E-state index in [0.717, 1.165) is 11.8 Å². The maximum absolute atomic E-state index is 13.1. The highest BCUT2D eigenvalue weighted by Crippen LogP contribution is 2.33. The van der Waals surface area contributed by atoms with E-state index in [4.69, 9.17) is 10.5 Å². The highest BCUT2D eigenvalue weighted by molar-refractivity contribution is 5.97. The van der Waals surface area contributed by atoms with Gasteiger partial charge in [-0.1, -0.05) is 0 Å². The Balaban J connectivity index is 1.58. The van der Waals surface area contributed by atoms with Crippen molar-refractivity contribution in [3.63, 3.8) is 0 Å². The largest absolute Gasteiger partial charge is 0.417 e. The molecule has 0 bridgehead atoms. The number of alkyl halides is 3. The average molecular weight is 457 g/mol. The zero-order chi connectivity index (χ0) is 24.4. The molecule has 0 spiro atoms. The van der Waals surface area contributed by atoms with Crippen molar-refractivity contribution in [2.75, 3.05) is 36.9 Å². The molecule has 10 heteroatoms. The van der Waals surface area contributed by atoms with Crippen LogP contribution >= 0.6 is 0 Å². The lowest BCUT2D eigenvalue weighted by atomic mass is 9.99. The molecular weight excluding hydrogens is 435 g/mol. The number of likely N-dealkylation sites (N-methyl/N-ethyl adjacent to an activating group) is 1. The van der Waals surface area contributed by atoms with Crippen LogP contribution in [-0.4, -0.2) is 54.2 Å². The minimum Gasteiger partial charge on any atom is -0.379 e. The van der Waals surface area contributed by atoms with Gasteiger partial charge >= 0.3 is 6.18 Å². The normalized spacial score (nSPS) is 16.1. The minimum absolute atomic E-state index is 0.00104. The predicted octanol–water partition coefficient (Wildman–Crippen LogP) is 2.96. The third-order valence-corrected chi connectivity index (χ3v) is 5.61. The Morgan fingerprint density at radius 2 is 1.82 bits per heavy atom. The van der Waals surface area contributed by atoms with Gasteiger partial charge in [0.15, 0.2) is 5.60 Å². The van der Waals surface area contributed by atoms with Gasteiger partial charge in [-0.15, -0.1) is 0 Å². The van der Waals surface area contributed by atoms with Gasteiger partial charge in [-0.2, -0.15) is 23.7 Å². The number of nitriles is 2. The summed E-state index contributed by atoms with van der Waals surface area (Å²) < 4.78 is 39.4. The van der Waals surface area contributed by atoms with Crippen LogP contribution in [0.2, 0.25) is 0 Å². The van der Waals surface area contributed by atoms with Crippen LogP contribution in [0.4, 0.5) is 24.5 Å². The van der Waals surface area contributed by atoms with E-state index in [9.17, 15) is 23.1 Å². The van der Waals surface area contributed by atoms with Gasteiger partial charge < -0.3 is 15.3 Å². The van der Waals surface area contributed by atoms with Gasteiger partial charge in [-0.25, -0.2) is 0 Å². The molecule has 1 heterocycles. The molecule has 2 aromatic rings. The maximum atomic E-state index is 13.1. The van der Waals surface area contributed by atoms with Gasteiger partial charge in [0, 0.05) is 38.1 Å². The van der Waals surface area contributed by atoms with E-state index in [1.54, 1.807) is 12.1 Å². The van der Waals surface area contributed by atoms with Crippen molar-refractivity contribution in [1.29, 1.82) is 10.5 Å². The number of carbonyl (C=O) groups excluding carboxylic acids is 1. The first kappa shape index (κ1) is 24.1. The second kappa shape index (κ2) is 9.10. The lowest BCUT2D eigenvalue weighted by Crippen LogP contribution is -2.63. The summed E-state index contributed by atoms with van der Waals surface area (Å²) in [7, 11) is 1.91. The number of hydrogen-bond donors (Lipinski definition) is 2. The quantitative estimate of drug-likeness (QED) is 0.692. The zero-order valence-corrected chi connectivity index (χ0v) is 18.0. The molecule has 1 aliphatic rings. The maximum Gasteiger partial charge on any atom is 0.417 e. The Hall–Kier alpha value is -3.60. The number of nitrogens with zero attached hydrogens (tertiary/aromatic N) is 4. The van der Waals surface area contributed by atoms with Crippen molar-refractivity contribution in [2.45, 2.75) is 24.7 Å². The highest BCUT2D eigenvalue weighted by atomic mass is 19.4. The number of rotatable bonds is 6. The molecule has 2 N–H and O–H groups in total. The van der Waals surface area contributed by atoms with E-state index in [1.807, 2.05) is 29.0 Å². The molecule has 1 aliphatic heterocycles. The summed E-state index contributed by atoms with van der Waals surface area (Å²) in [5.41, 5.74) is -2.21. The fourth-order valence-electron chi connectivity index (χ4n) is 3.63. The summed E-state index contributed by atoms with van der Waals surface area (Å²) in [6.07, 6.45) is -4.75. The van der Waals surface area contributed by atoms with Crippen molar-refractivity contribution in [1.82, 2.24) is 4.90 Å². The molecule has 0 saturated carbocycles.